The summed E-state index contributed by atoms with van der Waals surface area (Å²) in [5, 5.41) is 5.68. The molecule has 0 saturated heterocycles. The number of carbonyl (C=O) groups is 3. The van der Waals surface area contributed by atoms with E-state index in [4.69, 9.17) is 16.3 Å². The van der Waals surface area contributed by atoms with Crippen LogP contribution in [0.5, 0.6) is 5.75 Å². The summed E-state index contributed by atoms with van der Waals surface area (Å²) >= 11 is 6.11. The van der Waals surface area contributed by atoms with E-state index in [0.29, 0.717) is 27.8 Å². The summed E-state index contributed by atoms with van der Waals surface area (Å²) in [4.78, 5) is 36.8. The molecule has 7 nitrogen and oxygen atoms in total. The molecule has 0 heterocycles. The van der Waals surface area contributed by atoms with Crippen LogP contribution in [0.15, 0.2) is 42.5 Å². The van der Waals surface area contributed by atoms with Gasteiger partial charge in [-0.3, -0.25) is 14.4 Å². The molecule has 0 bridgehead atoms. The lowest BCUT2D eigenvalue weighted by atomic mass is 10.2. The van der Waals surface area contributed by atoms with Gasteiger partial charge in [-0.2, -0.15) is 0 Å². The van der Waals surface area contributed by atoms with Crippen LogP contribution in [0.1, 0.15) is 13.8 Å². The molecule has 0 unspecified atom stereocenters. The van der Waals surface area contributed by atoms with Gasteiger partial charge in [-0.25, -0.2) is 0 Å². The molecule has 0 saturated carbocycles. The van der Waals surface area contributed by atoms with Gasteiger partial charge in [-0.15, -0.1) is 0 Å². The summed E-state index contributed by atoms with van der Waals surface area (Å²) < 4.78 is 5.09. The van der Waals surface area contributed by atoms with E-state index in [1.165, 1.54) is 25.9 Å². The Hall–Kier alpha value is -3.06. The van der Waals surface area contributed by atoms with Crippen LogP contribution < -0.4 is 20.3 Å². The Bertz CT molecular complexity index is 870. The zero-order valence-electron chi connectivity index (χ0n) is 15.2. The van der Waals surface area contributed by atoms with Crippen molar-refractivity contribution in [1.82, 2.24) is 0 Å². The van der Waals surface area contributed by atoms with Gasteiger partial charge in [0.2, 0.25) is 17.7 Å². The Morgan fingerprint density at radius 3 is 2.26 bits per heavy atom. The molecule has 2 rings (SSSR count). The van der Waals surface area contributed by atoms with Crippen LogP contribution in [-0.2, 0) is 14.4 Å². The van der Waals surface area contributed by atoms with E-state index >= 15 is 0 Å². The van der Waals surface area contributed by atoms with E-state index < -0.39 is 5.91 Å². The van der Waals surface area contributed by atoms with E-state index in [2.05, 4.69) is 10.6 Å². The highest BCUT2D eigenvalue weighted by Gasteiger charge is 2.17. The maximum atomic E-state index is 12.4. The molecule has 0 aliphatic heterocycles. The molecule has 0 spiro atoms. The van der Waals surface area contributed by atoms with E-state index in [9.17, 15) is 14.4 Å². The topological polar surface area (TPSA) is 87.7 Å². The van der Waals surface area contributed by atoms with Crippen LogP contribution >= 0.6 is 11.6 Å². The van der Waals surface area contributed by atoms with Crippen molar-refractivity contribution in [3.05, 3.63) is 47.5 Å². The molecule has 0 aromatic heterocycles. The number of amides is 3. The van der Waals surface area contributed by atoms with Crippen molar-refractivity contribution in [2.45, 2.75) is 13.8 Å². The molecule has 0 aliphatic rings. The van der Waals surface area contributed by atoms with Gasteiger partial charge in [-0.05, 0) is 36.4 Å². The normalized spacial score (nSPS) is 10.1. The number of carbonyl (C=O) groups excluding carboxylic acids is 3. The van der Waals surface area contributed by atoms with Crippen LogP contribution in [-0.4, -0.2) is 31.4 Å². The molecule has 3 amide bonds. The van der Waals surface area contributed by atoms with E-state index in [0.717, 1.165) is 0 Å². The van der Waals surface area contributed by atoms with Crippen LogP contribution in [0.3, 0.4) is 0 Å². The Balaban J connectivity index is 2.12. The first-order chi connectivity index (χ1) is 12.8. The van der Waals surface area contributed by atoms with Crippen LogP contribution in [0, 0.1) is 0 Å². The van der Waals surface area contributed by atoms with E-state index in [1.54, 1.807) is 42.5 Å². The monoisotopic (exact) mass is 389 g/mol. The third-order valence-electron chi connectivity index (χ3n) is 3.60. The van der Waals surface area contributed by atoms with Gasteiger partial charge in [0.1, 0.15) is 12.3 Å². The number of hydrogen-bond donors (Lipinski definition) is 2. The smallest absolute Gasteiger partial charge is 0.244 e. The second kappa shape index (κ2) is 9.05. The van der Waals surface area contributed by atoms with Crippen LogP contribution in [0.4, 0.5) is 17.1 Å². The van der Waals surface area contributed by atoms with Crippen molar-refractivity contribution >= 4 is 46.4 Å². The number of methoxy groups -OCH3 is 1. The third-order valence-corrected chi connectivity index (χ3v) is 3.89. The van der Waals surface area contributed by atoms with Crippen molar-refractivity contribution in [1.29, 1.82) is 0 Å². The predicted molar refractivity (Wildman–Crippen MR) is 105 cm³/mol. The van der Waals surface area contributed by atoms with Crippen molar-refractivity contribution in [2.24, 2.45) is 0 Å². The highest BCUT2D eigenvalue weighted by molar-refractivity contribution is 6.32. The average molecular weight is 390 g/mol. The number of nitrogens with zero attached hydrogens (tertiary/aromatic N) is 1. The summed E-state index contributed by atoms with van der Waals surface area (Å²) in [6, 6.07) is 11.6. The minimum atomic E-state index is -0.392. The first-order valence-corrected chi connectivity index (χ1v) is 8.47. The van der Waals surface area contributed by atoms with E-state index in [-0.39, 0.29) is 18.4 Å². The molecule has 0 fully saturated rings. The maximum absolute atomic E-state index is 12.4. The summed E-state index contributed by atoms with van der Waals surface area (Å²) in [5.74, 6) is -0.434. The molecule has 27 heavy (non-hydrogen) atoms. The largest absolute Gasteiger partial charge is 0.495 e. The molecule has 0 atom stereocenters. The SMILES string of the molecule is COc1ccc(N(CC(=O)Nc2cccc(NC(C)=O)c2)C(C)=O)cc1Cl. The first kappa shape index (κ1) is 20.3. The molecular weight excluding hydrogens is 370 g/mol. The van der Waals surface area contributed by atoms with Gasteiger partial charge < -0.3 is 20.3 Å². The number of halogens is 1. The Labute approximate surface area is 162 Å². The maximum Gasteiger partial charge on any atom is 0.244 e. The molecular formula is C19H20ClN3O4. The number of benzene rings is 2. The fourth-order valence-electron chi connectivity index (χ4n) is 2.43. The number of hydrogen-bond acceptors (Lipinski definition) is 4. The molecule has 142 valence electrons. The van der Waals surface area contributed by atoms with Gasteiger partial charge in [0.15, 0.2) is 0 Å². The van der Waals surface area contributed by atoms with Gasteiger partial charge in [0, 0.05) is 30.9 Å². The molecule has 2 aromatic carbocycles. The summed E-state index contributed by atoms with van der Waals surface area (Å²) in [6.45, 7) is 2.57. The lowest BCUT2D eigenvalue weighted by Gasteiger charge is -2.21. The van der Waals surface area contributed by atoms with Gasteiger partial charge in [0.05, 0.1) is 12.1 Å². The Morgan fingerprint density at radius 1 is 1.04 bits per heavy atom. The lowest BCUT2D eigenvalue weighted by molar-refractivity contribution is -0.120. The average Bonchev–Trinajstić information content (AvgIpc) is 2.59. The Kier molecular flexibility index (Phi) is 6.79. The fourth-order valence-corrected chi connectivity index (χ4v) is 2.68. The fraction of sp³-hybridized carbons (Fsp3) is 0.211. The predicted octanol–water partition coefficient (Wildman–Crippen LogP) is 3.30. The summed E-state index contributed by atoms with van der Waals surface area (Å²) in [5.41, 5.74) is 1.55. The Morgan fingerprint density at radius 2 is 1.70 bits per heavy atom. The molecule has 0 radical (unpaired) electrons. The molecule has 8 heteroatoms. The first-order valence-electron chi connectivity index (χ1n) is 8.09. The van der Waals surface area contributed by atoms with Gasteiger partial charge in [0.25, 0.3) is 0 Å². The second-order valence-electron chi connectivity index (χ2n) is 5.73. The minimum Gasteiger partial charge on any atom is -0.495 e. The molecule has 2 N–H and O–H groups in total. The van der Waals surface area contributed by atoms with Crippen molar-refractivity contribution < 1.29 is 19.1 Å². The highest BCUT2D eigenvalue weighted by Crippen LogP contribution is 2.29. The van der Waals surface area contributed by atoms with Crippen molar-refractivity contribution in [2.75, 3.05) is 29.2 Å². The third kappa shape index (κ3) is 5.72. The zero-order valence-corrected chi connectivity index (χ0v) is 16.0. The van der Waals surface area contributed by atoms with Crippen molar-refractivity contribution in [3.63, 3.8) is 0 Å². The van der Waals surface area contributed by atoms with Gasteiger partial charge in [-0.1, -0.05) is 17.7 Å². The minimum absolute atomic E-state index is 0.192. The highest BCUT2D eigenvalue weighted by atomic mass is 35.5. The quantitative estimate of drug-likeness (QED) is 0.793. The number of anilines is 3. The van der Waals surface area contributed by atoms with E-state index in [1.807, 2.05) is 0 Å². The summed E-state index contributed by atoms with van der Waals surface area (Å²) in [6.07, 6.45) is 0. The second-order valence-corrected chi connectivity index (χ2v) is 6.14. The zero-order chi connectivity index (χ0) is 20.0. The van der Waals surface area contributed by atoms with Crippen LogP contribution in [0.25, 0.3) is 0 Å². The molecule has 2 aromatic rings. The molecule has 0 aliphatic carbocycles. The number of nitrogens with one attached hydrogen (secondary N) is 2. The lowest BCUT2D eigenvalue weighted by Crippen LogP contribution is -2.36. The van der Waals surface area contributed by atoms with Gasteiger partial charge >= 0.3 is 0 Å². The number of ether oxygens (including phenoxy) is 1. The summed E-state index contributed by atoms with van der Waals surface area (Å²) in [7, 11) is 1.49. The van der Waals surface area contributed by atoms with Crippen molar-refractivity contribution in [3.8, 4) is 5.75 Å². The number of rotatable bonds is 6. The standard InChI is InChI=1S/C19H20ClN3O4/c1-12(24)21-14-5-4-6-15(9-14)22-19(26)11-23(13(2)25)16-7-8-18(27-3)17(20)10-16/h4-10H,11H2,1-3H3,(H,21,24)(H,22,26). The van der Waals surface area contributed by atoms with Crippen LogP contribution in [0.2, 0.25) is 5.02 Å².